The lowest BCUT2D eigenvalue weighted by molar-refractivity contribution is -0.113. The number of nitrogens with one attached hydrogen (secondary N) is 1. The van der Waals surface area contributed by atoms with E-state index in [0.29, 0.717) is 10.2 Å². The zero-order chi connectivity index (χ0) is 22.8. The van der Waals surface area contributed by atoms with Crippen LogP contribution in [0.2, 0.25) is 5.02 Å². The average Bonchev–Trinajstić information content (AvgIpc) is 3.47. The van der Waals surface area contributed by atoms with Gasteiger partial charge in [-0.1, -0.05) is 41.6 Å². The number of thioether (sulfide) groups is 1. The van der Waals surface area contributed by atoms with Gasteiger partial charge >= 0.3 is 0 Å². The molecule has 0 bridgehead atoms. The number of carbonyl (C=O) groups is 1. The minimum absolute atomic E-state index is 0.113. The summed E-state index contributed by atoms with van der Waals surface area (Å²) in [4.78, 5) is 17.4. The summed E-state index contributed by atoms with van der Waals surface area (Å²) in [6, 6.07) is 13.6. The van der Waals surface area contributed by atoms with Crippen molar-refractivity contribution in [3.05, 3.63) is 71.4 Å². The van der Waals surface area contributed by atoms with E-state index >= 15 is 0 Å². The van der Waals surface area contributed by atoms with Crippen molar-refractivity contribution in [2.45, 2.75) is 37.9 Å². The number of benzene rings is 2. The third-order valence-electron chi connectivity index (χ3n) is 5.63. The Hall–Kier alpha value is -3.10. The predicted octanol–water partition coefficient (Wildman–Crippen LogP) is 5.16. The highest BCUT2D eigenvalue weighted by Gasteiger charge is 2.15. The van der Waals surface area contributed by atoms with Crippen molar-refractivity contribution in [2.75, 3.05) is 11.1 Å². The Morgan fingerprint density at radius 1 is 1.21 bits per heavy atom. The van der Waals surface area contributed by atoms with Crippen LogP contribution in [0.25, 0.3) is 16.9 Å². The number of carbonyl (C=O) groups excluding carboxylic acids is 1. The molecule has 5 rings (SSSR count). The van der Waals surface area contributed by atoms with E-state index in [1.165, 1.54) is 24.6 Å². The van der Waals surface area contributed by atoms with Gasteiger partial charge in [0.25, 0.3) is 0 Å². The molecule has 0 fully saturated rings. The monoisotopic (exact) mass is 478 g/mol. The second kappa shape index (κ2) is 9.41. The normalized spacial score (nSPS) is 13.0. The molecule has 9 heteroatoms. The molecular weight excluding hydrogens is 456 g/mol. The smallest absolute Gasteiger partial charge is 0.234 e. The Morgan fingerprint density at radius 2 is 2.12 bits per heavy atom. The summed E-state index contributed by atoms with van der Waals surface area (Å²) in [7, 11) is 0. The van der Waals surface area contributed by atoms with Gasteiger partial charge in [-0.25, -0.2) is 4.98 Å². The van der Waals surface area contributed by atoms with Crippen molar-refractivity contribution in [1.29, 1.82) is 0 Å². The second-order valence-corrected chi connectivity index (χ2v) is 9.38. The Bertz CT molecular complexity index is 1290. The Kier molecular flexibility index (Phi) is 6.20. The number of halogens is 1. The maximum Gasteiger partial charge on any atom is 0.234 e. The molecule has 1 N–H and O–H groups in total. The molecule has 1 aliphatic heterocycles. The van der Waals surface area contributed by atoms with Crippen LogP contribution in [0.15, 0.2) is 60.1 Å². The summed E-state index contributed by atoms with van der Waals surface area (Å²) >= 11 is 7.58. The fourth-order valence-corrected chi connectivity index (χ4v) is 4.77. The van der Waals surface area contributed by atoms with Crippen molar-refractivity contribution in [3.63, 3.8) is 0 Å². The zero-order valence-electron chi connectivity index (χ0n) is 18.2. The van der Waals surface area contributed by atoms with E-state index in [4.69, 9.17) is 16.6 Å². The summed E-state index contributed by atoms with van der Waals surface area (Å²) in [6.07, 6.45) is 7.13. The number of amides is 1. The lowest BCUT2D eigenvalue weighted by atomic mass is 10.1. The summed E-state index contributed by atoms with van der Waals surface area (Å²) in [5, 5.41) is 12.4. The van der Waals surface area contributed by atoms with Gasteiger partial charge < -0.3 is 9.88 Å². The molecule has 168 valence electrons. The van der Waals surface area contributed by atoms with Crippen molar-refractivity contribution in [1.82, 2.24) is 24.3 Å². The fraction of sp³-hybridized carbons (Fsp3) is 0.250. The topological polar surface area (TPSA) is 77.6 Å². The molecule has 0 aliphatic carbocycles. The van der Waals surface area contributed by atoms with E-state index in [1.807, 2.05) is 54.0 Å². The summed E-state index contributed by atoms with van der Waals surface area (Å²) in [6.45, 7) is 2.98. The summed E-state index contributed by atoms with van der Waals surface area (Å²) in [5.74, 6) is 1.24. The van der Waals surface area contributed by atoms with Crippen LogP contribution in [0, 0.1) is 6.92 Å². The summed E-state index contributed by atoms with van der Waals surface area (Å²) < 4.78 is 4.06. The first-order valence-corrected chi connectivity index (χ1v) is 12.2. The molecule has 1 amide bonds. The number of anilines is 1. The van der Waals surface area contributed by atoms with E-state index < -0.39 is 0 Å². The highest BCUT2D eigenvalue weighted by molar-refractivity contribution is 7.99. The number of imidazole rings is 1. The van der Waals surface area contributed by atoms with Crippen LogP contribution in [0.5, 0.6) is 0 Å². The number of hydrogen-bond acceptors (Lipinski definition) is 5. The van der Waals surface area contributed by atoms with Crippen LogP contribution in [-0.2, 0) is 17.8 Å². The van der Waals surface area contributed by atoms with Gasteiger partial charge in [-0.15, -0.1) is 10.2 Å². The largest absolute Gasteiger partial charge is 0.334 e. The third-order valence-corrected chi connectivity index (χ3v) is 6.98. The third kappa shape index (κ3) is 4.82. The molecule has 1 aliphatic rings. The van der Waals surface area contributed by atoms with Crippen molar-refractivity contribution in [2.24, 2.45) is 0 Å². The van der Waals surface area contributed by atoms with E-state index in [0.717, 1.165) is 47.0 Å². The lowest BCUT2D eigenvalue weighted by Crippen LogP contribution is -2.14. The number of aromatic nitrogens is 5. The second-order valence-electron chi connectivity index (χ2n) is 8.03. The van der Waals surface area contributed by atoms with Gasteiger partial charge in [-0.3, -0.25) is 9.36 Å². The van der Waals surface area contributed by atoms with Gasteiger partial charge in [-0.05, 0) is 49.6 Å². The zero-order valence-corrected chi connectivity index (χ0v) is 19.7. The lowest BCUT2D eigenvalue weighted by Gasteiger charge is -2.11. The van der Waals surface area contributed by atoms with Gasteiger partial charge in [0.2, 0.25) is 5.91 Å². The van der Waals surface area contributed by atoms with Crippen molar-refractivity contribution < 1.29 is 4.79 Å². The SMILES string of the molecule is Cc1ccc(-n2cnnc2SCC(=O)Nc2cccc(-c3cn4c(n3)CCCC4)c2)cc1Cl. The standard InChI is InChI=1S/C24H23ClN6OS/c1-16-8-9-19(12-20(16)25)31-15-26-29-24(31)33-14-23(32)27-18-6-4-5-17(11-18)21-13-30-10-3-2-7-22(30)28-21/h4-6,8-9,11-13,15H,2-3,7,10,14H2,1H3,(H,27,32). The molecule has 33 heavy (non-hydrogen) atoms. The first-order chi connectivity index (χ1) is 16.1. The molecule has 0 radical (unpaired) electrons. The van der Waals surface area contributed by atoms with Gasteiger partial charge in [0.1, 0.15) is 12.2 Å². The quantitative estimate of drug-likeness (QED) is 0.387. The Morgan fingerprint density at radius 3 is 2.97 bits per heavy atom. The predicted molar refractivity (Wildman–Crippen MR) is 131 cm³/mol. The van der Waals surface area contributed by atoms with E-state index in [-0.39, 0.29) is 11.7 Å². The highest BCUT2D eigenvalue weighted by atomic mass is 35.5. The Balaban J connectivity index is 1.24. The first-order valence-electron chi connectivity index (χ1n) is 10.8. The van der Waals surface area contributed by atoms with Gasteiger partial charge in [-0.2, -0.15) is 0 Å². The van der Waals surface area contributed by atoms with Crippen LogP contribution in [0.4, 0.5) is 5.69 Å². The van der Waals surface area contributed by atoms with E-state index in [2.05, 4.69) is 26.3 Å². The molecule has 7 nitrogen and oxygen atoms in total. The minimum atomic E-state index is -0.113. The molecule has 2 aromatic carbocycles. The van der Waals surface area contributed by atoms with Crippen LogP contribution >= 0.6 is 23.4 Å². The molecule has 3 heterocycles. The highest BCUT2D eigenvalue weighted by Crippen LogP contribution is 2.26. The van der Waals surface area contributed by atoms with Crippen LogP contribution in [-0.4, -0.2) is 36.0 Å². The maximum absolute atomic E-state index is 12.6. The van der Waals surface area contributed by atoms with Crippen LogP contribution in [0.3, 0.4) is 0 Å². The average molecular weight is 479 g/mol. The number of nitrogens with zero attached hydrogens (tertiary/aromatic N) is 5. The molecule has 2 aromatic heterocycles. The van der Waals surface area contributed by atoms with E-state index in [9.17, 15) is 4.79 Å². The molecule has 0 spiro atoms. The van der Waals surface area contributed by atoms with Crippen molar-refractivity contribution in [3.8, 4) is 16.9 Å². The summed E-state index contributed by atoms with van der Waals surface area (Å²) in [5.41, 5.74) is 4.55. The molecular formula is C24H23ClN6OS. The van der Waals surface area contributed by atoms with Gasteiger partial charge in [0.15, 0.2) is 5.16 Å². The minimum Gasteiger partial charge on any atom is -0.334 e. The van der Waals surface area contributed by atoms with Gasteiger partial charge in [0.05, 0.1) is 17.1 Å². The number of rotatable bonds is 6. The molecule has 0 atom stereocenters. The number of hydrogen-bond donors (Lipinski definition) is 1. The first kappa shape index (κ1) is 21.7. The molecule has 4 aromatic rings. The molecule has 0 saturated carbocycles. The molecule has 0 saturated heterocycles. The number of aryl methyl sites for hydroxylation is 3. The Labute approximate surface area is 201 Å². The van der Waals surface area contributed by atoms with Gasteiger partial charge in [0, 0.05) is 35.4 Å². The van der Waals surface area contributed by atoms with E-state index in [1.54, 1.807) is 6.33 Å². The van der Waals surface area contributed by atoms with Crippen LogP contribution in [0.1, 0.15) is 24.2 Å². The molecule has 0 unspecified atom stereocenters. The maximum atomic E-state index is 12.6. The number of fused-ring (bicyclic) bond motifs is 1. The van der Waals surface area contributed by atoms with Crippen LogP contribution < -0.4 is 5.32 Å². The fourth-order valence-electron chi connectivity index (χ4n) is 3.87. The van der Waals surface area contributed by atoms with Crippen molar-refractivity contribution >= 4 is 35.0 Å².